The highest BCUT2D eigenvalue weighted by Crippen LogP contribution is 2.24. The molecule has 0 fully saturated rings. The molecule has 1 aromatic carbocycles. The molecule has 0 atom stereocenters. The molecule has 5 nitrogen and oxygen atoms in total. The molecule has 0 radical (unpaired) electrons. The van der Waals surface area contributed by atoms with E-state index in [1.165, 1.54) is 0 Å². The fraction of sp³-hybridized carbons (Fsp3) is 0.357. The fourth-order valence-corrected chi connectivity index (χ4v) is 2.03. The van der Waals surface area contributed by atoms with Crippen molar-refractivity contribution < 1.29 is 9.53 Å². The molecule has 2 aromatic rings. The summed E-state index contributed by atoms with van der Waals surface area (Å²) in [7, 11) is 3.61. The third-order valence-electron chi connectivity index (χ3n) is 2.96. The lowest BCUT2D eigenvalue weighted by Gasteiger charge is -2.06. The summed E-state index contributed by atoms with van der Waals surface area (Å²) in [4.78, 5) is 11.8. The van der Waals surface area contributed by atoms with Crippen LogP contribution in [-0.4, -0.2) is 30.9 Å². The van der Waals surface area contributed by atoms with Crippen LogP contribution >= 0.6 is 0 Å². The number of ether oxygens (including phenoxy) is 1. The lowest BCUT2D eigenvalue weighted by Crippen LogP contribution is -2.29. The third-order valence-corrected chi connectivity index (χ3v) is 2.96. The lowest BCUT2D eigenvalue weighted by molar-refractivity contribution is 0.194. The quantitative estimate of drug-likeness (QED) is 0.812. The van der Waals surface area contributed by atoms with Gasteiger partial charge in [-0.05, 0) is 12.5 Å². The molecule has 102 valence electrons. The first kappa shape index (κ1) is 13.4. The second-order valence-corrected chi connectivity index (χ2v) is 4.40. The first-order valence-corrected chi connectivity index (χ1v) is 6.30. The van der Waals surface area contributed by atoms with Gasteiger partial charge in [-0.25, -0.2) is 4.79 Å². The Morgan fingerprint density at radius 1 is 1.37 bits per heavy atom. The first-order chi connectivity index (χ1) is 9.22. The Morgan fingerprint density at radius 2 is 2.16 bits per heavy atom. The molecule has 2 N–H and O–H groups in total. The topological polar surface area (TPSA) is 55.3 Å². The number of amides is 2. The molecule has 5 heteroatoms. The van der Waals surface area contributed by atoms with Gasteiger partial charge < -0.3 is 19.9 Å². The minimum absolute atomic E-state index is 0.188. The molecule has 0 aliphatic rings. The molecular weight excluding hydrogens is 242 g/mol. The highest BCUT2D eigenvalue weighted by Gasteiger charge is 2.08. The molecule has 0 aliphatic carbocycles. The average Bonchev–Trinajstić information content (AvgIpc) is 2.72. The van der Waals surface area contributed by atoms with Crippen LogP contribution in [-0.2, 0) is 11.8 Å². The number of carbonyl (C=O) groups is 1. The monoisotopic (exact) mass is 261 g/mol. The molecule has 1 aromatic heterocycles. The molecule has 2 rings (SSSR count). The van der Waals surface area contributed by atoms with Gasteiger partial charge in [-0.3, -0.25) is 0 Å². The second-order valence-electron chi connectivity index (χ2n) is 4.40. The highest BCUT2D eigenvalue weighted by atomic mass is 16.5. The van der Waals surface area contributed by atoms with Crippen molar-refractivity contribution in [2.24, 2.45) is 7.05 Å². The van der Waals surface area contributed by atoms with Crippen molar-refractivity contribution in [3.8, 4) is 0 Å². The number of hydrogen-bond donors (Lipinski definition) is 2. The number of carbonyl (C=O) groups excluding carboxylic acids is 1. The number of hydrogen-bond acceptors (Lipinski definition) is 2. The predicted octanol–water partition coefficient (Wildman–Crippen LogP) is 2.34. The van der Waals surface area contributed by atoms with E-state index in [-0.39, 0.29) is 6.03 Å². The number of aryl methyl sites for hydroxylation is 1. The Labute approximate surface area is 112 Å². The molecule has 0 unspecified atom stereocenters. The van der Waals surface area contributed by atoms with E-state index in [2.05, 4.69) is 10.6 Å². The van der Waals surface area contributed by atoms with Gasteiger partial charge in [0.25, 0.3) is 0 Å². The first-order valence-electron chi connectivity index (χ1n) is 6.30. The van der Waals surface area contributed by atoms with Crippen LogP contribution in [0.2, 0.25) is 0 Å². The summed E-state index contributed by atoms with van der Waals surface area (Å²) in [5.74, 6) is 0. The Morgan fingerprint density at radius 3 is 2.95 bits per heavy atom. The Balaban J connectivity index is 1.99. The predicted molar refractivity (Wildman–Crippen MR) is 76.4 cm³/mol. The number of benzene rings is 1. The Bertz CT molecular complexity index is 563. The van der Waals surface area contributed by atoms with Crippen molar-refractivity contribution in [2.75, 3.05) is 25.6 Å². The molecule has 0 spiro atoms. The van der Waals surface area contributed by atoms with Crippen LogP contribution in [0.25, 0.3) is 10.9 Å². The van der Waals surface area contributed by atoms with E-state index in [1.807, 2.05) is 42.1 Å². The van der Waals surface area contributed by atoms with Gasteiger partial charge in [0.05, 0.1) is 5.69 Å². The van der Waals surface area contributed by atoms with Crippen molar-refractivity contribution in [1.29, 1.82) is 0 Å². The van der Waals surface area contributed by atoms with Crippen molar-refractivity contribution in [3.63, 3.8) is 0 Å². The van der Waals surface area contributed by atoms with Crippen LogP contribution in [0.15, 0.2) is 30.5 Å². The van der Waals surface area contributed by atoms with Gasteiger partial charge in [0, 0.05) is 44.4 Å². The van der Waals surface area contributed by atoms with Crippen molar-refractivity contribution in [3.05, 3.63) is 30.5 Å². The summed E-state index contributed by atoms with van der Waals surface area (Å²) in [6.45, 7) is 1.25. The zero-order valence-electron chi connectivity index (χ0n) is 11.3. The molecule has 2 amide bonds. The summed E-state index contributed by atoms with van der Waals surface area (Å²) in [6, 6.07) is 7.78. The normalized spacial score (nSPS) is 10.6. The van der Waals surface area contributed by atoms with E-state index in [0.717, 1.165) is 23.0 Å². The lowest BCUT2D eigenvalue weighted by atomic mass is 10.2. The number of fused-ring (bicyclic) bond motifs is 1. The van der Waals surface area contributed by atoms with Gasteiger partial charge in [-0.15, -0.1) is 0 Å². The highest BCUT2D eigenvalue weighted by molar-refractivity contribution is 6.01. The van der Waals surface area contributed by atoms with Crippen LogP contribution in [0.5, 0.6) is 0 Å². The minimum Gasteiger partial charge on any atom is -0.385 e. The number of methoxy groups -OCH3 is 1. The maximum Gasteiger partial charge on any atom is 0.319 e. The van der Waals surface area contributed by atoms with Crippen LogP contribution in [0.3, 0.4) is 0 Å². The standard InChI is InChI=1S/C14H19N3O2/c1-17-10-12(11-6-3-4-7-13(11)17)16-14(18)15-8-5-9-19-2/h3-4,6-7,10H,5,8-9H2,1-2H3,(H2,15,16,18). The van der Waals surface area contributed by atoms with Crippen LogP contribution < -0.4 is 10.6 Å². The fourth-order valence-electron chi connectivity index (χ4n) is 2.03. The van der Waals surface area contributed by atoms with Gasteiger partial charge in [-0.1, -0.05) is 18.2 Å². The number of nitrogens with one attached hydrogen (secondary N) is 2. The van der Waals surface area contributed by atoms with Crippen molar-refractivity contribution >= 4 is 22.6 Å². The van der Waals surface area contributed by atoms with Gasteiger partial charge in [0.2, 0.25) is 0 Å². The molecular formula is C14H19N3O2. The van der Waals surface area contributed by atoms with E-state index < -0.39 is 0 Å². The number of aromatic nitrogens is 1. The van der Waals surface area contributed by atoms with E-state index in [0.29, 0.717) is 13.2 Å². The van der Waals surface area contributed by atoms with E-state index in [9.17, 15) is 4.79 Å². The molecule has 0 aliphatic heterocycles. The zero-order valence-corrected chi connectivity index (χ0v) is 11.3. The molecule has 0 saturated carbocycles. The van der Waals surface area contributed by atoms with E-state index >= 15 is 0 Å². The smallest absolute Gasteiger partial charge is 0.319 e. The van der Waals surface area contributed by atoms with Gasteiger partial charge in [0.1, 0.15) is 0 Å². The minimum atomic E-state index is -0.188. The number of urea groups is 1. The van der Waals surface area contributed by atoms with Crippen molar-refractivity contribution in [2.45, 2.75) is 6.42 Å². The van der Waals surface area contributed by atoms with Gasteiger partial charge in [0.15, 0.2) is 0 Å². The van der Waals surface area contributed by atoms with Crippen LogP contribution in [0.4, 0.5) is 10.5 Å². The number of anilines is 1. The SMILES string of the molecule is COCCCNC(=O)Nc1cn(C)c2ccccc12. The number of para-hydroxylation sites is 1. The average molecular weight is 261 g/mol. The third kappa shape index (κ3) is 3.26. The Kier molecular flexibility index (Phi) is 4.41. The number of rotatable bonds is 5. The molecule has 19 heavy (non-hydrogen) atoms. The summed E-state index contributed by atoms with van der Waals surface area (Å²) < 4.78 is 6.92. The van der Waals surface area contributed by atoms with Crippen LogP contribution in [0, 0.1) is 0 Å². The summed E-state index contributed by atoms with van der Waals surface area (Å²) in [5.41, 5.74) is 1.92. The number of nitrogens with zero attached hydrogens (tertiary/aromatic N) is 1. The maximum absolute atomic E-state index is 11.8. The second kappa shape index (κ2) is 6.24. The Hall–Kier alpha value is -2.01. The zero-order chi connectivity index (χ0) is 13.7. The summed E-state index contributed by atoms with van der Waals surface area (Å²) in [6.07, 6.45) is 2.72. The molecule has 1 heterocycles. The van der Waals surface area contributed by atoms with Crippen molar-refractivity contribution in [1.82, 2.24) is 9.88 Å². The van der Waals surface area contributed by atoms with Gasteiger partial charge in [-0.2, -0.15) is 0 Å². The van der Waals surface area contributed by atoms with Crippen LogP contribution in [0.1, 0.15) is 6.42 Å². The summed E-state index contributed by atoms with van der Waals surface area (Å²) >= 11 is 0. The van der Waals surface area contributed by atoms with Gasteiger partial charge >= 0.3 is 6.03 Å². The maximum atomic E-state index is 11.8. The largest absolute Gasteiger partial charge is 0.385 e. The molecule has 0 bridgehead atoms. The van der Waals surface area contributed by atoms with E-state index in [4.69, 9.17) is 4.74 Å². The molecule has 0 saturated heterocycles. The van der Waals surface area contributed by atoms with E-state index in [1.54, 1.807) is 7.11 Å². The summed E-state index contributed by atoms with van der Waals surface area (Å²) in [5, 5.41) is 6.71.